The maximum atomic E-state index is 13.1. The van der Waals surface area contributed by atoms with Crippen LogP contribution in [0.4, 0.5) is 8.78 Å². The molecule has 1 aromatic carbocycles. The summed E-state index contributed by atoms with van der Waals surface area (Å²) in [5, 5.41) is 0. The molecule has 1 saturated heterocycles. The molecule has 2 rings (SSSR count). The molecule has 1 heterocycles. The molecular formula is C16H23F2NO3S. The lowest BCUT2D eigenvalue weighted by atomic mass is 10.0. The maximum absolute atomic E-state index is 13.1. The number of halogens is 2. The van der Waals surface area contributed by atoms with E-state index in [0.29, 0.717) is 31.6 Å². The minimum absolute atomic E-state index is 0.117. The second-order valence-electron chi connectivity index (χ2n) is 6.14. The Balaban J connectivity index is 1.80. The molecule has 1 fully saturated rings. The highest BCUT2D eigenvalue weighted by Crippen LogP contribution is 2.17. The maximum Gasteiger partial charge on any atom is 0.212 e. The zero-order valence-electron chi connectivity index (χ0n) is 13.2. The van der Waals surface area contributed by atoms with Gasteiger partial charge < -0.3 is 4.74 Å². The van der Waals surface area contributed by atoms with Crippen molar-refractivity contribution in [1.82, 2.24) is 4.72 Å². The Morgan fingerprint density at radius 3 is 2.61 bits per heavy atom. The molecule has 4 nitrogen and oxygen atoms in total. The third kappa shape index (κ3) is 6.16. The van der Waals surface area contributed by atoms with Crippen molar-refractivity contribution in [3.8, 4) is 0 Å². The summed E-state index contributed by atoms with van der Waals surface area (Å²) in [7, 11) is -3.34. The average Bonchev–Trinajstić information content (AvgIpc) is 2.48. The Kier molecular flexibility index (Phi) is 6.50. The second kappa shape index (κ2) is 8.17. The lowest BCUT2D eigenvalue weighted by molar-refractivity contribution is 0.0723. The van der Waals surface area contributed by atoms with E-state index in [4.69, 9.17) is 4.74 Å². The normalized spacial score (nSPS) is 18.0. The van der Waals surface area contributed by atoms with Crippen molar-refractivity contribution in [3.05, 3.63) is 35.4 Å². The minimum atomic E-state index is -3.34. The number of hydrogen-bond donors (Lipinski definition) is 1. The van der Waals surface area contributed by atoms with Gasteiger partial charge >= 0.3 is 0 Å². The van der Waals surface area contributed by atoms with Crippen LogP contribution in [0.3, 0.4) is 0 Å². The number of aryl methyl sites for hydroxylation is 1. The molecule has 0 unspecified atom stereocenters. The molecule has 0 spiro atoms. The topological polar surface area (TPSA) is 55.4 Å². The first kappa shape index (κ1) is 18.3. The Hall–Kier alpha value is -1.05. The molecule has 0 saturated carbocycles. The SMILES string of the molecule is C[C@H](CCc1ccc(F)c(F)c1)NS(=O)(=O)CC1CCOCC1. The van der Waals surface area contributed by atoms with Crippen LogP contribution in [-0.4, -0.2) is 33.4 Å². The van der Waals surface area contributed by atoms with Crippen molar-refractivity contribution < 1.29 is 21.9 Å². The lowest BCUT2D eigenvalue weighted by Gasteiger charge is -2.23. The van der Waals surface area contributed by atoms with Crippen LogP contribution in [0.2, 0.25) is 0 Å². The van der Waals surface area contributed by atoms with E-state index >= 15 is 0 Å². The van der Waals surface area contributed by atoms with E-state index in [0.717, 1.165) is 25.0 Å². The number of benzene rings is 1. The fraction of sp³-hybridized carbons (Fsp3) is 0.625. The van der Waals surface area contributed by atoms with Crippen molar-refractivity contribution in [2.75, 3.05) is 19.0 Å². The van der Waals surface area contributed by atoms with Crippen LogP contribution in [0.15, 0.2) is 18.2 Å². The van der Waals surface area contributed by atoms with Gasteiger partial charge in [-0.3, -0.25) is 0 Å². The third-order valence-corrected chi connectivity index (χ3v) is 5.70. The van der Waals surface area contributed by atoms with Gasteiger partial charge in [-0.2, -0.15) is 0 Å². The van der Waals surface area contributed by atoms with E-state index in [1.807, 2.05) is 0 Å². The lowest BCUT2D eigenvalue weighted by Crippen LogP contribution is -2.37. The van der Waals surface area contributed by atoms with Gasteiger partial charge in [-0.1, -0.05) is 6.07 Å². The summed E-state index contributed by atoms with van der Waals surface area (Å²) >= 11 is 0. The van der Waals surface area contributed by atoms with E-state index in [1.165, 1.54) is 6.07 Å². The average molecular weight is 347 g/mol. The van der Waals surface area contributed by atoms with Gasteiger partial charge in [-0.25, -0.2) is 21.9 Å². The van der Waals surface area contributed by atoms with Gasteiger partial charge in [0.15, 0.2) is 11.6 Å². The summed E-state index contributed by atoms with van der Waals surface area (Å²) in [4.78, 5) is 0. The van der Waals surface area contributed by atoms with Crippen molar-refractivity contribution in [3.63, 3.8) is 0 Å². The molecule has 1 N–H and O–H groups in total. The molecular weight excluding hydrogens is 324 g/mol. The summed E-state index contributed by atoms with van der Waals surface area (Å²) in [6, 6.07) is 3.50. The van der Waals surface area contributed by atoms with Gasteiger partial charge in [0, 0.05) is 19.3 Å². The Morgan fingerprint density at radius 1 is 1.26 bits per heavy atom. The van der Waals surface area contributed by atoms with Gasteiger partial charge in [0.2, 0.25) is 10.0 Å². The molecule has 0 radical (unpaired) electrons. The highest BCUT2D eigenvalue weighted by atomic mass is 32.2. The zero-order chi connectivity index (χ0) is 16.9. The van der Waals surface area contributed by atoms with Crippen LogP contribution in [0.25, 0.3) is 0 Å². The van der Waals surface area contributed by atoms with Crippen molar-refractivity contribution >= 4 is 10.0 Å². The van der Waals surface area contributed by atoms with Crippen LogP contribution in [-0.2, 0) is 21.2 Å². The van der Waals surface area contributed by atoms with Crippen molar-refractivity contribution in [2.45, 2.75) is 38.6 Å². The van der Waals surface area contributed by atoms with E-state index in [2.05, 4.69) is 4.72 Å². The van der Waals surface area contributed by atoms with E-state index in [-0.39, 0.29) is 17.7 Å². The van der Waals surface area contributed by atoms with Gasteiger partial charge in [0.05, 0.1) is 5.75 Å². The predicted octanol–water partition coefficient (Wildman–Crippen LogP) is 2.63. The summed E-state index contributed by atoms with van der Waals surface area (Å²) < 4.78 is 58.2. The molecule has 130 valence electrons. The van der Waals surface area contributed by atoms with Gasteiger partial charge in [0.1, 0.15) is 0 Å². The summed E-state index contributed by atoms with van der Waals surface area (Å²) in [6.45, 7) is 3.01. The minimum Gasteiger partial charge on any atom is -0.381 e. The summed E-state index contributed by atoms with van der Waals surface area (Å²) in [5.74, 6) is -1.50. The second-order valence-corrected chi connectivity index (χ2v) is 7.94. The highest BCUT2D eigenvalue weighted by molar-refractivity contribution is 7.89. The molecule has 1 aromatic rings. The van der Waals surface area contributed by atoms with Crippen molar-refractivity contribution in [2.24, 2.45) is 5.92 Å². The first-order valence-electron chi connectivity index (χ1n) is 7.87. The molecule has 0 bridgehead atoms. The molecule has 1 atom stereocenters. The molecule has 0 aliphatic carbocycles. The fourth-order valence-electron chi connectivity index (χ4n) is 2.72. The van der Waals surface area contributed by atoms with E-state index < -0.39 is 21.7 Å². The standard InChI is InChI=1S/C16H23F2NO3S/c1-12(2-3-13-4-5-15(17)16(18)10-13)19-23(20,21)11-14-6-8-22-9-7-14/h4-5,10,12,14,19H,2-3,6-9,11H2,1H3/t12-/m1/s1. The van der Waals surface area contributed by atoms with Crippen LogP contribution in [0.1, 0.15) is 31.7 Å². The number of ether oxygens (including phenoxy) is 1. The molecule has 0 amide bonds. The highest BCUT2D eigenvalue weighted by Gasteiger charge is 2.22. The summed E-state index contributed by atoms with van der Waals surface area (Å²) in [5.41, 5.74) is 0.652. The Morgan fingerprint density at radius 2 is 1.96 bits per heavy atom. The molecule has 23 heavy (non-hydrogen) atoms. The summed E-state index contributed by atoms with van der Waals surface area (Å²) in [6.07, 6.45) is 2.55. The van der Waals surface area contributed by atoms with Gasteiger partial charge in [0.25, 0.3) is 0 Å². The molecule has 0 aromatic heterocycles. The van der Waals surface area contributed by atoms with Crippen molar-refractivity contribution in [1.29, 1.82) is 0 Å². The number of nitrogens with one attached hydrogen (secondary N) is 1. The van der Waals surface area contributed by atoms with Crippen LogP contribution in [0, 0.1) is 17.6 Å². The first-order valence-corrected chi connectivity index (χ1v) is 9.52. The molecule has 1 aliphatic rings. The van der Waals surface area contributed by atoms with Crippen LogP contribution < -0.4 is 4.72 Å². The molecule has 1 aliphatic heterocycles. The number of sulfonamides is 1. The monoisotopic (exact) mass is 347 g/mol. The quantitative estimate of drug-likeness (QED) is 0.825. The number of rotatable bonds is 7. The number of hydrogen-bond acceptors (Lipinski definition) is 3. The third-order valence-electron chi connectivity index (χ3n) is 4.03. The Labute approximate surface area is 136 Å². The Bertz CT molecular complexity index is 616. The zero-order valence-corrected chi connectivity index (χ0v) is 14.0. The smallest absolute Gasteiger partial charge is 0.212 e. The first-order chi connectivity index (χ1) is 10.9. The van der Waals surface area contributed by atoms with Gasteiger partial charge in [-0.05, 0) is 56.2 Å². The van der Waals surface area contributed by atoms with Crippen LogP contribution >= 0.6 is 0 Å². The predicted molar refractivity (Wildman–Crippen MR) is 84.6 cm³/mol. The van der Waals surface area contributed by atoms with Gasteiger partial charge in [-0.15, -0.1) is 0 Å². The fourth-order valence-corrected chi connectivity index (χ4v) is 4.50. The molecule has 7 heteroatoms. The van der Waals surface area contributed by atoms with E-state index in [9.17, 15) is 17.2 Å². The van der Waals surface area contributed by atoms with Crippen LogP contribution in [0.5, 0.6) is 0 Å². The van der Waals surface area contributed by atoms with E-state index in [1.54, 1.807) is 6.92 Å². The largest absolute Gasteiger partial charge is 0.381 e.